The summed E-state index contributed by atoms with van der Waals surface area (Å²) in [7, 11) is 0. The molecule has 1 aromatic rings. The van der Waals surface area contributed by atoms with E-state index in [0.29, 0.717) is 5.56 Å². The van der Waals surface area contributed by atoms with Crippen LogP contribution in [0.4, 0.5) is 4.79 Å². The van der Waals surface area contributed by atoms with Gasteiger partial charge in [-0.3, -0.25) is 0 Å². The van der Waals surface area contributed by atoms with Crippen molar-refractivity contribution in [3.63, 3.8) is 0 Å². The second-order valence-electron chi connectivity index (χ2n) is 3.21. The van der Waals surface area contributed by atoms with Gasteiger partial charge in [-0.25, -0.2) is 4.79 Å². The summed E-state index contributed by atoms with van der Waals surface area (Å²) < 4.78 is 4.65. The maximum absolute atomic E-state index is 10.5. The van der Waals surface area contributed by atoms with Gasteiger partial charge in [0, 0.05) is 0 Å². The van der Waals surface area contributed by atoms with Crippen molar-refractivity contribution in [1.29, 1.82) is 0 Å². The molecule has 0 bridgehead atoms. The second kappa shape index (κ2) is 3.57. The highest BCUT2D eigenvalue weighted by Crippen LogP contribution is 2.33. The zero-order valence-corrected chi connectivity index (χ0v) is 8.42. The lowest BCUT2D eigenvalue weighted by molar-refractivity contribution is 0.209. The molecule has 3 N–H and O–H groups in total. The smallest absolute Gasteiger partial charge is 0.410 e. The molecule has 0 aromatic heterocycles. The first kappa shape index (κ1) is 10.4. The molecule has 0 atom stereocenters. The first-order chi connectivity index (χ1) is 6.43. The van der Waals surface area contributed by atoms with E-state index in [1.165, 1.54) is 0 Å². The number of primary amides is 1. The minimum Gasteiger partial charge on any atom is -0.504 e. The summed E-state index contributed by atoms with van der Waals surface area (Å²) in [6.07, 6.45) is -0.928. The zero-order chi connectivity index (χ0) is 10.9. The summed E-state index contributed by atoms with van der Waals surface area (Å²) in [5.41, 5.74) is 7.47. The number of aromatic hydroxyl groups is 1. The van der Waals surface area contributed by atoms with Gasteiger partial charge in [0.25, 0.3) is 0 Å². The average Bonchev–Trinajstić information content (AvgIpc) is 2.10. The molecular formula is C10H13NO3. The molecule has 14 heavy (non-hydrogen) atoms. The van der Waals surface area contributed by atoms with Crippen molar-refractivity contribution in [1.82, 2.24) is 0 Å². The Balaban J connectivity index is 3.25. The van der Waals surface area contributed by atoms with E-state index in [1.54, 1.807) is 13.0 Å². The first-order valence-electron chi connectivity index (χ1n) is 4.20. The Labute approximate surface area is 82.3 Å². The Morgan fingerprint density at radius 2 is 1.93 bits per heavy atom. The minimum atomic E-state index is -0.928. The van der Waals surface area contributed by atoms with E-state index in [0.717, 1.165) is 11.1 Å². The highest BCUT2D eigenvalue weighted by Gasteiger charge is 2.12. The molecule has 0 unspecified atom stereocenters. The van der Waals surface area contributed by atoms with Crippen LogP contribution in [-0.2, 0) is 0 Å². The molecule has 4 heteroatoms. The number of benzene rings is 1. The average molecular weight is 195 g/mol. The maximum Gasteiger partial charge on any atom is 0.410 e. The molecule has 0 radical (unpaired) electrons. The van der Waals surface area contributed by atoms with E-state index < -0.39 is 6.09 Å². The van der Waals surface area contributed by atoms with E-state index in [1.807, 2.05) is 13.8 Å². The Bertz CT molecular complexity index is 385. The quantitative estimate of drug-likeness (QED) is 0.717. The van der Waals surface area contributed by atoms with Crippen LogP contribution in [0.2, 0.25) is 0 Å². The number of ether oxygens (including phenoxy) is 1. The van der Waals surface area contributed by atoms with Crippen LogP contribution in [0.15, 0.2) is 6.07 Å². The number of amides is 1. The van der Waals surface area contributed by atoms with Crippen LogP contribution >= 0.6 is 0 Å². The molecule has 1 rings (SSSR count). The van der Waals surface area contributed by atoms with Gasteiger partial charge in [0.15, 0.2) is 11.5 Å². The molecule has 0 spiro atoms. The van der Waals surface area contributed by atoms with Crippen LogP contribution in [0.3, 0.4) is 0 Å². The summed E-state index contributed by atoms with van der Waals surface area (Å²) in [4.78, 5) is 10.5. The van der Waals surface area contributed by atoms with E-state index >= 15 is 0 Å². The largest absolute Gasteiger partial charge is 0.504 e. The van der Waals surface area contributed by atoms with Gasteiger partial charge >= 0.3 is 6.09 Å². The Kier molecular flexibility index (Phi) is 2.65. The molecule has 0 aliphatic heterocycles. The summed E-state index contributed by atoms with van der Waals surface area (Å²) in [5.74, 6) is 0.0741. The number of phenolic OH excluding ortho intramolecular Hbond substituents is 1. The standard InChI is InChI=1S/C10H13NO3/c1-5-4-8(14-10(11)13)9(12)7(3)6(5)2/h4,12H,1-3H3,(H2,11,13). The van der Waals surface area contributed by atoms with Crippen molar-refractivity contribution in [3.05, 3.63) is 22.8 Å². The van der Waals surface area contributed by atoms with Gasteiger partial charge in [-0.05, 0) is 43.5 Å². The summed E-state index contributed by atoms with van der Waals surface area (Å²) in [5, 5.41) is 9.62. The molecule has 0 fully saturated rings. The van der Waals surface area contributed by atoms with Crippen molar-refractivity contribution in [2.75, 3.05) is 0 Å². The lowest BCUT2D eigenvalue weighted by atomic mass is 10.0. The Morgan fingerprint density at radius 1 is 1.36 bits per heavy atom. The number of hydrogen-bond donors (Lipinski definition) is 2. The van der Waals surface area contributed by atoms with E-state index in [2.05, 4.69) is 4.74 Å². The predicted octanol–water partition coefficient (Wildman–Crippen LogP) is 1.77. The predicted molar refractivity (Wildman–Crippen MR) is 52.5 cm³/mol. The van der Waals surface area contributed by atoms with Crippen LogP contribution in [-0.4, -0.2) is 11.2 Å². The van der Waals surface area contributed by atoms with Gasteiger partial charge in [-0.2, -0.15) is 0 Å². The van der Waals surface area contributed by atoms with Gasteiger partial charge in [-0.1, -0.05) is 0 Å². The van der Waals surface area contributed by atoms with E-state index in [-0.39, 0.29) is 11.5 Å². The van der Waals surface area contributed by atoms with Gasteiger partial charge in [0.05, 0.1) is 0 Å². The van der Waals surface area contributed by atoms with Crippen LogP contribution in [0.25, 0.3) is 0 Å². The molecule has 0 saturated carbocycles. The zero-order valence-electron chi connectivity index (χ0n) is 8.42. The van der Waals surface area contributed by atoms with Gasteiger partial charge in [-0.15, -0.1) is 0 Å². The third kappa shape index (κ3) is 1.79. The molecule has 4 nitrogen and oxygen atoms in total. The molecule has 0 saturated heterocycles. The summed E-state index contributed by atoms with van der Waals surface area (Å²) in [6.45, 7) is 5.51. The number of carbonyl (C=O) groups excluding carboxylic acids is 1. The monoisotopic (exact) mass is 195 g/mol. The van der Waals surface area contributed by atoms with Crippen LogP contribution < -0.4 is 10.5 Å². The van der Waals surface area contributed by atoms with Crippen LogP contribution in [0, 0.1) is 20.8 Å². The number of nitrogens with two attached hydrogens (primary N) is 1. The number of hydrogen-bond acceptors (Lipinski definition) is 3. The minimum absolute atomic E-state index is 0.0353. The normalized spacial score (nSPS) is 9.93. The number of phenols is 1. The van der Waals surface area contributed by atoms with Crippen molar-refractivity contribution in [3.8, 4) is 11.5 Å². The van der Waals surface area contributed by atoms with Gasteiger partial charge in [0.1, 0.15) is 0 Å². The van der Waals surface area contributed by atoms with Gasteiger partial charge < -0.3 is 15.6 Å². The molecule has 0 aliphatic rings. The summed E-state index contributed by atoms with van der Waals surface area (Å²) >= 11 is 0. The van der Waals surface area contributed by atoms with Crippen molar-refractivity contribution in [2.45, 2.75) is 20.8 Å². The molecule has 0 aliphatic carbocycles. The number of rotatable bonds is 1. The second-order valence-corrected chi connectivity index (χ2v) is 3.21. The number of aryl methyl sites for hydroxylation is 1. The van der Waals surface area contributed by atoms with Crippen LogP contribution in [0.5, 0.6) is 11.5 Å². The molecule has 1 aromatic carbocycles. The van der Waals surface area contributed by atoms with E-state index in [4.69, 9.17) is 5.73 Å². The fraction of sp³-hybridized carbons (Fsp3) is 0.300. The first-order valence-corrected chi connectivity index (χ1v) is 4.20. The SMILES string of the molecule is Cc1cc(OC(N)=O)c(O)c(C)c1C. The molecule has 1 amide bonds. The van der Waals surface area contributed by atoms with Crippen molar-refractivity contribution in [2.24, 2.45) is 5.73 Å². The Hall–Kier alpha value is -1.71. The molecular weight excluding hydrogens is 182 g/mol. The lowest BCUT2D eigenvalue weighted by Crippen LogP contribution is -2.16. The van der Waals surface area contributed by atoms with Crippen molar-refractivity contribution >= 4 is 6.09 Å². The summed E-state index contributed by atoms with van der Waals surface area (Å²) in [6, 6.07) is 1.59. The van der Waals surface area contributed by atoms with Crippen molar-refractivity contribution < 1.29 is 14.6 Å². The van der Waals surface area contributed by atoms with Gasteiger partial charge in [0.2, 0.25) is 0 Å². The number of carbonyl (C=O) groups is 1. The third-order valence-electron chi connectivity index (χ3n) is 2.30. The highest BCUT2D eigenvalue weighted by molar-refractivity contribution is 5.70. The fourth-order valence-corrected chi connectivity index (χ4v) is 1.22. The highest BCUT2D eigenvalue weighted by atomic mass is 16.6. The molecule has 76 valence electrons. The Morgan fingerprint density at radius 3 is 2.43 bits per heavy atom. The topological polar surface area (TPSA) is 72.5 Å². The maximum atomic E-state index is 10.5. The lowest BCUT2D eigenvalue weighted by Gasteiger charge is -2.11. The van der Waals surface area contributed by atoms with Crippen LogP contribution in [0.1, 0.15) is 16.7 Å². The molecule has 0 heterocycles. The third-order valence-corrected chi connectivity index (χ3v) is 2.30. The van der Waals surface area contributed by atoms with E-state index in [9.17, 15) is 9.90 Å². The fourth-order valence-electron chi connectivity index (χ4n) is 1.22.